The van der Waals surface area contributed by atoms with E-state index in [0.717, 1.165) is 19.4 Å². The molecule has 1 aromatic carbocycles. The number of hydrogen-bond acceptors (Lipinski definition) is 3. The number of phenols is 1. The number of aromatic hydroxyl groups is 1. The molecule has 0 saturated heterocycles. The molecular formula is C16H19NOS. The van der Waals surface area contributed by atoms with E-state index in [0.29, 0.717) is 11.8 Å². The van der Waals surface area contributed by atoms with Crippen LogP contribution in [0.5, 0.6) is 5.75 Å². The van der Waals surface area contributed by atoms with Crippen LogP contribution < -0.4 is 5.32 Å². The average molecular weight is 273 g/mol. The molecule has 0 unspecified atom stereocenters. The van der Waals surface area contributed by atoms with Gasteiger partial charge in [-0.3, -0.25) is 0 Å². The third kappa shape index (κ3) is 2.67. The van der Waals surface area contributed by atoms with Gasteiger partial charge in [0.25, 0.3) is 0 Å². The molecule has 0 saturated carbocycles. The van der Waals surface area contributed by atoms with E-state index < -0.39 is 0 Å². The molecule has 0 amide bonds. The van der Waals surface area contributed by atoms with Gasteiger partial charge in [0.1, 0.15) is 5.75 Å². The summed E-state index contributed by atoms with van der Waals surface area (Å²) in [6.07, 6.45) is 3.50. The first-order valence-electron chi connectivity index (χ1n) is 6.81. The SMILES string of the molecule is Cc1cscc1CN[C@H]1CCCc2ccc(O)cc21. The molecule has 2 N–H and O–H groups in total. The topological polar surface area (TPSA) is 32.3 Å². The van der Waals surface area contributed by atoms with Crippen LogP contribution in [0.3, 0.4) is 0 Å². The number of nitrogens with one attached hydrogen (secondary N) is 1. The first-order valence-corrected chi connectivity index (χ1v) is 7.75. The zero-order valence-corrected chi connectivity index (χ0v) is 12.0. The van der Waals surface area contributed by atoms with Gasteiger partial charge in [0.15, 0.2) is 0 Å². The molecule has 1 aliphatic carbocycles. The van der Waals surface area contributed by atoms with Gasteiger partial charge in [-0.1, -0.05) is 6.07 Å². The second-order valence-electron chi connectivity index (χ2n) is 5.29. The quantitative estimate of drug-likeness (QED) is 0.888. The lowest BCUT2D eigenvalue weighted by atomic mass is 9.87. The van der Waals surface area contributed by atoms with Crippen LogP contribution in [-0.4, -0.2) is 5.11 Å². The van der Waals surface area contributed by atoms with Crippen molar-refractivity contribution in [3.63, 3.8) is 0 Å². The average Bonchev–Trinajstić information content (AvgIpc) is 2.82. The van der Waals surface area contributed by atoms with Gasteiger partial charge < -0.3 is 10.4 Å². The summed E-state index contributed by atoms with van der Waals surface area (Å²) in [5, 5.41) is 17.7. The summed E-state index contributed by atoms with van der Waals surface area (Å²) in [6, 6.07) is 6.15. The minimum absolute atomic E-state index is 0.371. The van der Waals surface area contributed by atoms with Crippen LogP contribution in [0.4, 0.5) is 0 Å². The van der Waals surface area contributed by atoms with Gasteiger partial charge in [-0.15, -0.1) is 0 Å². The Labute approximate surface area is 118 Å². The highest BCUT2D eigenvalue weighted by molar-refractivity contribution is 7.08. The van der Waals surface area contributed by atoms with E-state index in [1.165, 1.54) is 28.7 Å². The van der Waals surface area contributed by atoms with Gasteiger partial charge in [0.2, 0.25) is 0 Å². The second kappa shape index (κ2) is 5.35. The van der Waals surface area contributed by atoms with E-state index in [2.05, 4.69) is 29.1 Å². The largest absolute Gasteiger partial charge is 0.508 e. The summed E-state index contributed by atoms with van der Waals surface area (Å²) >= 11 is 1.76. The van der Waals surface area contributed by atoms with Gasteiger partial charge in [0.05, 0.1) is 0 Å². The predicted molar refractivity (Wildman–Crippen MR) is 79.7 cm³/mol. The maximum atomic E-state index is 9.68. The minimum Gasteiger partial charge on any atom is -0.508 e. The number of rotatable bonds is 3. The van der Waals surface area contributed by atoms with Gasteiger partial charge in [-0.2, -0.15) is 11.3 Å². The second-order valence-corrected chi connectivity index (χ2v) is 6.03. The summed E-state index contributed by atoms with van der Waals surface area (Å²) in [7, 11) is 0. The molecule has 3 rings (SSSR count). The Morgan fingerprint density at radius 2 is 2.26 bits per heavy atom. The van der Waals surface area contributed by atoms with E-state index in [-0.39, 0.29) is 0 Å². The fraction of sp³-hybridized carbons (Fsp3) is 0.375. The highest BCUT2D eigenvalue weighted by Crippen LogP contribution is 2.32. The van der Waals surface area contributed by atoms with Crippen molar-refractivity contribution in [2.24, 2.45) is 0 Å². The van der Waals surface area contributed by atoms with Gasteiger partial charge in [-0.25, -0.2) is 0 Å². The van der Waals surface area contributed by atoms with E-state index >= 15 is 0 Å². The molecule has 0 fully saturated rings. The molecule has 0 aliphatic heterocycles. The normalized spacial score (nSPS) is 18.3. The van der Waals surface area contributed by atoms with E-state index in [1.54, 1.807) is 17.4 Å². The van der Waals surface area contributed by atoms with Crippen molar-refractivity contribution in [1.29, 1.82) is 0 Å². The molecule has 2 nitrogen and oxygen atoms in total. The van der Waals surface area contributed by atoms with Crippen LogP contribution in [-0.2, 0) is 13.0 Å². The highest BCUT2D eigenvalue weighted by atomic mass is 32.1. The molecule has 1 atom stereocenters. The number of thiophene rings is 1. The van der Waals surface area contributed by atoms with Gasteiger partial charge >= 0.3 is 0 Å². The van der Waals surface area contributed by atoms with Crippen molar-refractivity contribution >= 4 is 11.3 Å². The van der Waals surface area contributed by atoms with Crippen molar-refractivity contribution in [2.75, 3.05) is 0 Å². The molecule has 0 spiro atoms. The molecule has 19 heavy (non-hydrogen) atoms. The van der Waals surface area contributed by atoms with Crippen LogP contribution in [0.25, 0.3) is 0 Å². The third-order valence-electron chi connectivity index (χ3n) is 3.94. The Morgan fingerprint density at radius 3 is 3.05 bits per heavy atom. The summed E-state index contributed by atoms with van der Waals surface area (Å²) in [5.41, 5.74) is 5.41. The zero-order chi connectivity index (χ0) is 13.2. The van der Waals surface area contributed by atoms with E-state index in [1.807, 2.05) is 6.07 Å². The van der Waals surface area contributed by atoms with Gasteiger partial charge in [0, 0.05) is 12.6 Å². The molecule has 1 aliphatic rings. The van der Waals surface area contributed by atoms with Crippen molar-refractivity contribution in [3.05, 3.63) is 51.2 Å². The van der Waals surface area contributed by atoms with E-state index in [9.17, 15) is 5.11 Å². The monoisotopic (exact) mass is 273 g/mol. The maximum Gasteiger partial charge on any atom is 0.115 e. The van der Waals surface area contributed by atoms with Crippen molar-refractivity contribution in [2.45, 2.75) is 38.8 Å². The Balaban J connectivity index is 1.76. The van der Waals surface area contributed by atoms with Crippen LogP contribution in [0.1, 0.15) is 41.1 Å². The maximum absolute atomic E-state index is 9.68. The Hall–Kier alpha value is -1.32. The fourth-order valence-corrected chi connectivity index (χ4v) is 3.66. The smallest absolute Gasteiger partial charge is 0.115 e. The molecule has 0 radical (unpaired) electrons. The predicted octanol–water partition coefficient (Wildman–Crippen LogP) is 3.93. The lowest BCUT2D eigenvalue weighted by molar-refractivity contribution is 0.445. The lowest BCUT2D eigenvalue weighted by Crippen LogP contribution is -2.24. The molecular weight excluding hydrogens is 254 g/mol. The fourth-order valence-electron chi connectivity index (χ4n) is 2.80. The number of fused-ring (bicyclic) bond motifs is 1. The number of hydrogen-bond donors (Lipinski definition) is 2. The first kappa shape index (κ1) is 12.7. The number of benzene rings is 1. The summed E-state index contributed by atoms with van der Waals surface area (Å²) < 4.78 is 0. The van der Waals surface area contributed by atoms with Crippen LogP contribution in [0.2, 0.25) is 0 Å². The summed E-state index contributed by atoms with van der Waals surface area (Å²) in [5.74, 6) is 0.374. The number of aryl methyl sites for hydroxylation is 2. The molecule has 3 heteroatoms. The molecule has 100 valence electrons. The molecule has 2 aromatic rings. The molecule has 1 aromatic heterocycles. The molecule has 0 bridgehead atoms. The van der Waals surface area contributed by atoms with Crippen LogP contribution >= 0.6 is 11.3 Å². The Morgan fingerprint density at radius 1 is 1.37 bits per heavy atom. The van der Waals surface area contributed by atoms with Crippen LogP contribution in [0.15, 0.2) is 29.0 Å². The standard InChI is InChI=1S/C16H19NOS/c1-11-9-19-10-13(11)8-17-16-4-2-3-12-5-6-14(18)7-15(12)16/h5-7,9-10,16-18H,2-4,8H2,1H3/t16-/m0/s1. The van der Waals surface area contributed by atoms with E-state index in [4.69, 9.17) is 0 Å². The van der Waals surface area contributed by atoms with Crippen molar-refractivity contribution in [1.82, 2.24) is 5.32 Å². The first-order chi connectivity index (χ1) is 9.24. The Kier molecular flexibility index (Phi) is 3.58. The third-order valence-corrected chi connectivity index (χ3v) is 4.85. The zero-order valence-electron chi connectivity index (χ0n) is 11.1. The van der Waals surface area contributed by atoms with Crippen LogP contribution in [0, 0.1) is 6.92 Å². The lowest BCUT2D eigenvalue weighted by Gasteiger charge is -2.26. The Bertz CT molecular complexity index is 576. The van der Waals surface area contributed by atoms with Crippen molar-refractivity contribution < 1.29 is 5.11 Å². The number of phenolic OH excluding ortho intramolecular Hbond substituents is 1. The summed E-state index contributed by atoms with van der Waals surface area (Å²) in [4.78, 5) is 0. The summed E-state index contributed by atoms with van der Waals surface area (Å²) in [6.45, 7) is 3.07. The minimum atomic E-state index is 0.371. The molecule has 1 heterocycles. The van der Waals surface area contributed by atoms with Crippen molar-refractivity contribution in [3.8, 4) is 5.75 Å². The highest BCUT2D eigenvalue weighted by Gasteiger charge is 2.20. The van der Waals surface area contributed by atoms with Gasteiger partial charge in [-0.05, 0) is 71.3 Å².